The Morgan fingerprint density at radius 3 is 2.93 bits per heavy atom. The second kappa shape index (κ2) is 3.89. The largest absolute Gasteiger partial charge is 0.374 e. The Balaban J connectivity index is 2.06. The van der Waals surface area contributed by atoms with E-state index in [1.807, 2.05) is 18.7 Å². The fourth-order valence-electron chi connectivity index (χ4n) is 2.53. The molecule has 3 heteroatoms. The van der Waals surface area contributed by atoms with Crippen LogP contribution in [0.1, 0.15) is 33.1 Å². The summed E-state index contributed by atoms with van der Waals surface area (Å²) in [4.78, 5) is 14.0. The standard InChI is InChI=1S/C11H19NO2/c1-8(2)11(13)12-6-7-14-10-5-3-4-9(10)12/h8-10H,3-7H2,1-2H3. The van der Waals surface area contributed by atoms with Gasteiger partial charge >= 0.3 is 0 Å². The molecule has 1 aliphatic carbocycles. The summed E-state index contributed by atoms with van der Waals surface area (Å²) in [6, 6.07) is 0.374. The Bertz CT molecular complexity index is 227. The van der Waals surface area contributed by atoms with Crippen LogP contribution in [0.3, 0.4) is 0 Å². The van der Waals surface area contributed by atoms with Crippen molar-refractivity contribution >= 4 is 5.91 Å². The molecular weight excluding hydrogens is 178 g/mol. The molecule has 2 unspecified atom stereocenters. The molecule has 0 spiro atoms. The zero-order chi connectivity index (χ0) is 10.1. The zero-order valence-electron chi connectivity index (χ0n) is 9.03. The lowest BCUT2D eigenvalue weighted by molar-refractivity contribution is -0.147. The molecule has 0 N–H and O–H groups in total. The van der Waals surface area contributed by atoms with E-state index in [0.29, 0.717) is 18.1 Å². The van der Waals surface area contributed by atoms with Crippen molar-refractivity contribution in [2.24, 2.45) is 5.92 Å². The highest BCUT2D eigenvalue weighted by Crippen LogP contribution is 2.30. The van der Waals surface area contributed by atoms with Gasteiger partial charge in [-0.15, -0.1) is 0 Å². The minimum atomic E-state index is 0.120. The van der Waals surface area contributed by atoms with Crippen LogP contribution in [0.4, 0.5) is 0 Å². The summed E-state index contributed by atoms with van der Waals surface area (Å²) in [5.74, 6) is 0.416. The maximum absolute atomic E-state index is 11.9. The number of hydrogen-bond acceptors (Lipinski definition) is 2. The Morgan fingerprint density at radius 1 is 1.43 bits per heavy atom. The lowest BCUT2D eigenvalue weighted by Crippen LogP contribution is -2.52. The van der Waals surface area contributed by atoms with Crippen LogP contribution in [0.25, 0.3) is 0 Å². The minimum absolute atomic E-state index is 0.120. The smallest absolute Gasteiger partial charge is 0.225 e. The van der Waals surface area contributed by atoms with Gasteiger partial charge in [0.05, 0.1) is 18.8 Å². The molecule has 0 bridgehead atoms. The van der Waals surface area contributed by atoms with Gasteiger partial charge in [0.25, 0.3) is 0 Å². The summed E-state index contributed by atoms with van der Waals surface area (Å²) in [6.45, 7) is 5.46. The molecule has 1 aliphatic heterocycles. The summed E-state index contributed by atoms with van der Waals surface area (Å²) < 4.78 is 5.67. The molecule has 1 amide bonds. The first kappa shape index (κ1) is 9.97. The molecule has 2 aliphatic rings. The van der Waals surface area contributed by atoms with Gasteiger partial charge in [-0.05, 0) is 19.3 Å². The third-order valence-corrected chi connectivity index (χ3v) is 3.26. The van der Waals surface area contributed by atoms with Crippen molar-refractivity contribution in [2.75, 3.05) is 13.2 Å². The number of morpholine rings is 1. The molecule has 1 saturated heterocycles. The topological polar surface area (TPSA) is 29.5 Å². The second-order valence-electron chi connectivity index (χ2n) is 4.59. The lowest BCUT2D eigenvalue weighted by Gasteiger charge is -2.38. The number of carbonyl (C=O) groups excluding carboxylic acids is 1. The summed E-state index contributed by atoms with van der Waals surface area (Å²) in [5, 5.41) is 0. The van der Waals surface area contributed by atoms with Gasteiger partial charge in [-0.1, -0.05) is 13.8 Å². The van der Waals surface area contributed by atoms with E-state index in [9.17, 15) is 4.79 Å². The van der Waals surface area contributed by atoms with Gasteiger partial charge in [0.2, 0.25) is 5.91 Å². The second-order valence-corrected chi connectivity index (χ2v) is 4.59. The molecule has 2 atom stereocenters. The summed E-state index contributed by atoms with van der Waals surface area (Å²) >= 11 is 0. The van der Waals surface area contributed by atoms with Crippen LogP contribution in [0, 0.1) is 5.92 Å². The lowest BCUT2D eigenvalue weighted by atomic mass is 10.1. The average Bonchev–Trinajstić information content (AvgIpc) is 2.63. The average molecular weight is 197 g/mol. The van der Waals surface area contributed by atoms with E-state index in [1.165, 1.54) is 6.42 Å². The van der Waals surface area contributed by atoms with Crippen LogP contribution < -0.4 is 0 Å². The number of hydrogen-bond donors (Lipinski definition) is 0. The van der Waals surface area contributed by atoms with Crippen LogP contribution in [-0.4, -0.2) is 36.1 Å². The zero-order valence-corrected chi connectivity index (χ0v) is 9.03. The normalized spacial score (nSPS) is 32.1. The third-order valence-electron chi connectivity index (χ3n) is 3.26. The van der Waals surface area contributed by atoms with Crippen molar-refractivity contribution < 1.29 is 9.53 Å². The maximum atomic E-state index is 11.9. The van der Waals surface area contributed by atoms with Crippen LogP contribution in [-0.2, 0) is 9.53 Å². The first-order valence-electron chi connectivity index (χ1n) is 5.62. The quantitative estimate of drug-likeness (QED) is 0.636. The molecule has 0 radical (unpaired) electrons. The van der Waals surface area contributed by atoms with Gasteiger partial charge in [0.15, 0.2) is 0 Å². The molecule has 80 valence electrons. The fraction of sp³-hybridized carbons (Fsp3) is 0.909. The monoisotopic (exact) mass is 197 g/mol. The van der Waals surface area contributed by atoms with E-state index in [-0.39, 0.29) is 5.92 Å². The number of rotatable bonds is 1. The van der Waals surface area contributed by atoms with E-state index in [2.05, 4.69) is 0 Å². The van der Waals surface area contributed by atoms with Crippen molar-refractivity contribution in [3.8, 4) is 0 Å². The van der Waals surface area contributed by atoms with Crippen LogP contribution >= 0.6 is 0 Å². The van der Waals surface area contributed by atoms with Gasteiger partial charge in [0.1, 0.15) is 0 Å². The first-order valence-corrected chi connectivity index (χ1v) is 5.62. The van der Waals surface area contributed by atoms with Gasteiger partial charge in [0, 0.05) is 12.5 Å². The van der Waals surface area contributed by atoms with E-state index in [4.69, 9.17) is 4.74 Å². The molecule has 0 aromatic carbocycles. The predicted octanol–water partition coefficient (Wildman–Crippen LogP) is 1.42. The number of amides is 1. The highest BCUT2D eigenvalue weighted by atomic mass is 16.5. The highest BCUT2D eigenvalue weighted by molar-refractivity contribution is 5.78. The predicted molar refractivity (Wildman–Crippen MR) is 53.9 cm³/mol. The summed E-state index contributed by atoms with van der Waals surface area (Å²) in [6.07, 6.45) is 3.79. The summed E-state index contributed by atoms with van der Waals surface area (Å²) in [7, 11) is 0. The fourth-order valence-corrected chi connectivity index (χ4v) is 2.53. The van der Waals surface area contributed by atoms with Gasteiger partial charge < -0.3 is 9.64 Å². The molecule has 3 nitrogen and oxygen atoms in total. The number of fused-ring (bicyclic) bond motifs is 1. The molecule has 1 heterocycles. The Labute approximate surface area is 85.4 Å². The van der Waals surface area contributed by atoms with Crippen molar-refractivity contribution in [1.82, 2.24) is 4.90 Å². The molecular formula is C11H19NO2. The van der Waals surface area contributed by atoms with E-state index < -0.39 is 0 Å². The van der Waals surface area contributed by atoms with Crippen LogP contribution in [0.15, 0.2) is 0 Å². The third kappa shape index (κ3) is 1.65. The van der Waals surface area contributed by atoms with Crippen molar-refractivity contribution in [2.45, 2.75) is 45.3 Å². The minimum Gasteiger partial charge on any atom is -0.374 e. The SMILES string of the molecule is CC(C)C(=O)N1CCOC2CCCC21. The Hall–Kier alpha value is -0.570. The Kier molecular flexibility index (Phi) is 2.77. The highest BCUT2D eigenvalue weighted by Gasteiger charge is 2.38. The molecule has 0 aromatic rings. The number of carbonyl (C=O) groups is 1. The molecule has 2 rings (SSSR count). The van der Waals surface area contributed by atoms with E-state index >= 15 is 0 Å². The molecule has 2 fully saturated rings. The first-order chi connectivity index (χ1) is 6.70. The maximum Gasteiger partial charge on any atom is 0.225 e. The van der Waals surface area contributed by atoms with Crippen molar-refractivity contribution in [3.05, 3.63) is 0 Å². The van der Waals surface area contributed by atoms with Gasteiger partial charge in [-0.2, -0.15) is 0 Å². The van der Waals surface area contributed by atoms with Crippen LogP contribution in [0.5, 0.6) is 0 Å². The molecule has 0 aromatic heterocycles. The number of nitrogens with zero attached hydrogens (tertiary/aromatic N) is 1. The van der Waals surface area contributed by atoms with E-state index in [0.717, 1.165) is 26.0 Å². The number of ether oxygens (including phenoxy) is 1. The Morgan fingerprint density at radius 2 is 2.21 bits per heavy atom. The van der Waals surface area contributed by atoms with E-state index in [1.54, 1.807) is 0 Å². The van der Waals surface area contributed by atoms with Gasteiger partial charge in [-0.25, -0.2) is 0 Å². The molecule has 1 saturated carbocycles. The van der Waals surface area contributed by atoms with Crippen LogP contribution in [0.2, 0.25) is 0 Å². The molecule has 14 heavy (non-hydrogen) atoms. The van der Waals surface area contributed by atoms with Crippen molar-refractivity contribution in [1.29, 1.82) is 0 Å². The van der Waals surface area contributed by atoms with Crippen molar-refractivity contribution in [3.63, 3.8) is 0 Å². The summed E-state index contributed by atoms with van der Waals surface area (Å²) in [5.41, 5.74) is 0. The van der Waals surface area contributed by atoms with Gasteiger partial charge in [-0.3, -0.25) is 4.79 Å².